The van der Waals surface area contributed by atoms with E-state index in [1.807, 2.05) is 42.1 Å². The number of ether oxygens (including phenoxy) is 3. The summed E-state index contributed by atoms with van der Waals surface area (Å²) in [6.45, 7) is 3.26. The van der Waals surface area contributed by atoms with Gasteiger partial charge >= 0.3 is 0 Å². The van der Waals surface area contributed by atoms with Crippen molar-refractivity contribution in [3.8, 4) is 11.5 Å². The van der Waals surface area contributed by atoms with Crippen LogP contribution in [0.3, 0.4) is 0 Å². The lowest BCUT2D eigenvalue weighted by Crippen LogP contribution is -2.48. The Balaban J connectivity index is 1.31. The average molecular weight is 458 g/mol. The van der Waals surface area contributed by atoms with Gasteiger partial charge in [-0.05, 0) is 42.0 Å². The summed E-state index contributed by atoms with van der Waals surface area (Å²) in [5, 5.41) is 11.7. The Morgan fingerprint density at radius 1 is 1.09 bits per heavy atom. The van der Waals surface area contributed by atoms with Gasteiger partial charge in [-0.3, -0.25) is 4.90 Å². The van der Waals surface area contributed by atoms with E-state index < -0.39 is 5.60 Å². The van der Waals surface area contributed by atoms with Crippen molar-refractivity contribution in [2.45, 2.75) is 18.8 Å². The summed E-state index contributed by atoms with van der Waals surface area (Å²) in [5.74, 6) is 2.34. The molecule has 0 unspecified atom stereocenters. The van der Waals surface area contributed by atoms with Gasteiger partial charge in [0.2, 0.25) is 0 Å². The van der Waals surface area contributed by atoms with E-state index in [-0.39, 0.29) is 13.2 Å². The van der Waals surface area contributed by atoms with Crippen molar-refractivity contribution in [1.29, 1.82) is 0 Å². The van der Waals surface area contributed by atoms with Crippen LogP contribution >= 0.6 is 11.6 Å². The molecule has 170 valence electrons. The monoisotopic (exact) mass is 457 g/mol. The second-order valence-corrected chi connectivity index (χ2v) is 8.55. The maximum Gasteiger partial charge on any atom is 0.146 e. The van der Waals surface area contributed by atoms with Crippen LogP contribution in [0.5, 0.6) is 11.5 Å². The largest absolute Gasteiger partial charge is 0.490 e. The zero-order chi connectivity index (χ0) is 22.4. The zero-order valence-electron chi connectivity index (χ0n) is 18.1. The maximum absolute atomic E-state index is 11.1. The van der Waals surface area contributed by atoms with E-state index in [1.54, 1.807) is 30.5 Å². The minimum Gasteiger partial charge on any atom is -0.490 e. The molecule has 7 nitrogen and oxygen atoms in total. The lowest BCUT2D eigenvalue weighted by atomic mass is 10.1. The molecule has 0 spiro atoms. The van der Waals surface area contributed by atoms with Crippen molar-refractivity contribution in [2.75, 3.05) is 32.9 Å². The van der Waals surface area contributed by atoms with Crippen molar-refractivity contribution in [2.24, 2.45) is 7.05 Å². The fourth-order valence-electron chi connectivity index (χ4n) is 3.60. The molecule has 2 aromatic carbocycles. The molecular weight excluding hydrogens is 430 g/mol. The third-order valence-corrected chi connectivity index (χ3v) is 5.63. The Labute approximate surface area is 193 Å². The molecule has 2 heterocycles. The quantitative estimate of drug-likeness (QED) is 0.559. The first kappa shape index (κ1) is 22.6. The highest BCUT2D eigenvalue weighted by Crippen LogP contribution is 2.21. The van der Waals surface area contributed by atoms with Crippen LogP contribution < -0.4 is 9.47 Å². The smallest absolute Gasteiger partial charge is 0.146 e. The first-order chi connectivity index (χ1) is 15.5. The van der Waals surface area contributed by atoms with Crippen molar-refractivity contribution < 1.29 is 19.3 Å². The SMILES string of the molecule is Cn1ccnc1COc1ccc(CN2CCOC[C@@](O)(COc3ccc(Cl)cc3)C2)cc1. The van der Waals surface area contributed by atoms with Crippen molar-refractivity contribution >= 4 is 11.6 Å². The topological polar surface area (TPSA) is 69.0 Å². The lowest BCUT2D eigenvalue weighted by molar-refractivity contribution is -0.0646. The van der Waals surface area contributed by atoms with Gasteiger partial charge in [-0.1, -0.05) is 23.7 Å². The lowest BCUT2D eigenvalue weighted by Gasteiger charge is -2.30. The van der Waals surface area contributed by atoms with E-state index >= 15 is 0 Å². The molecule has 0 bridgehead atoms. The van der Waals surface area contributed by atoms with Crippen LogP contribution in [-0.4, -0.2) is 58.1 Å². The van der Waals surface area contributed by atoms with E-state index in [0.29, 0.717) is 37.1 Å². The van der Waals surface area contributed by atoms with Gasteiger partial charge in [-0.2, -0.15) is 0 Å². The Kier molecular flexibility index (Phi) is 7.32. The highest BCUT2D eigenvalue weighted by atomic mass is 35.5. The molecule has 1 aromatic heterocycles. The van der Waals surface area contributed by atoms with Gasteiger partial charge in [-0.15, -0.1) is 0 Å². The number of β-amino-alcohol motifs (C(OH)–C–C–N with tert-alkyl or cyclic N) is 1. The number of aromatic nitrogens is 2. The molecule has 1 aliphatic rings. The van der Waals surface area contributed by atoms with Crippen molar-refractivity contribution in [1.82, 2.24) is 14.5 Å². The molecule has 0 amide bonds. The fourth-order valence-corrected chi connectivity index (χ4v) is 3.73. The molecule has 1 fully saturated rings. The summed E-state index contributed by atoms with van der Waals surface area (Å²) in [5.41, 5.74) is 0.0403. The predicted molar refractivity (Wildman–Crippen MR) is 122 cm³/mol. The number of benzene rings is 2. The van der Waals surface area contributed by atoms with Gasteiger partial charge in [0.25, 0.3) is 0 Å². The van der Waals surface area contributed by atoms with Crippen molar-refractivity contribution in [3.05, 3.63) is 77.3 Å². The van der Waals surface area contributed by atoms with Crippen LogP contribution in [-0.2, 0) is 24.9 Å². The van der Waals surface area contributed by atoms with E-state index in [9.17, 15) is 5.11 Å². The Hall–Kier alpha value is -2.58. The van der Waals surface area contributed by atoms with E-state index in [1.165, 1.54) is 0 Å². The van der Waals surface area contributed by atoms with Gasteiger partial charge < -0.3 is 23.9 Å². The van der Waals surface area contributed by atoms with Gasteiger partial charge in [-0.25, -0.2) is 4.98 Å². The predicted octanol–water partition coefficient (Wildman–Crippen LogP) is 3.29. The highest BCUT2D eigenvalue weighted by molar-refractivity contribution is 6.30. The standard InChI is InChI=1S/C24H28ClN3O4/c1-27-11-10-26-23(27)15-31-21-6-2-19(3-7-21)14-28-12-13-30-17-24(29,16-28)18-32-22-8-4-20(25)5-9-22/h2-11,29H,12-18H2,1H3/t24-/m1/s1. The molecule has 0 saturated carbocycles. The van der Waals surface area contributed by atoms with Crippen LogP contribution in [0.15, 0.2) is 60.9 Å². The first-order valence-corrected chi connectivity index (χ1v) is 11.0. The van der Waals surface area contributed by atoms with Crippen molar-refractivity contribution in [3.63, 3.8) is 0 Å². The molecular formula is C24H28ClN3O4. The van der Waals surface area contributed by atoms with Gasteiger partial charge in [0, 0.05) is 44.1 Å². The molecule has 0 aliphatic carbocycles. The summed E-state index contributed by atoms with van der Waals surface area (Å²) in [4.78, 5) is 6.45. The third kappa shape index (κ3) is 6.23. The Morgan fingerprint density at radius 2 is 1.81 bits per heavy atom. The van der Waals surface area contributed by atoms with Gasteiger partial charge in [0.05, 0.1) is 13.2 Å². The Bertz CT molecular complexity index is 993. The number of imidazole rings is 1. The van der Waals surface area contributed by atoms with Gasteiger partial charge in [0.15, 0.2) is 0 Å². The van der Waals surface area contributed by atoms with E-state index in [0.717, 1.165) is 23.7 Å². The molecule has 3 aromatic rings. The normalized spacial score (nSPS) is 19.5. The molecule has 8 heteroatoms. The first-order valence-electron chi connectivity index (χ1n) is 10.6. The minimum atomic E-state index is -1.10. The van der Waals surface area contributed by atoms with E-state index in [2.05, 4.69) is 9.88 Å². The van der Waals surface area contributed by atoms with Crippen LogP contribution in [0.25, 0.3) is 0 Å². The summed E-state index contributed by atoms with van der Waals surface area (Å²) >= 11 is 5.92. The third-order valence-electron chi connectivity index (χ3n) is 5.38. The summed E-state index contributed by atoms with van der Waals surface area (Å²) in [7, 11) is 1.95. The Morgan fingerprint density at radius 3 is 2.53 bits per heavy atom. The number of halogens is 1. The van der Waals surface area contributed by atoms with Gasteiger partial charge in [0.1, 0.15) is 36.1 Å². The number of hydrogen-bond acceptors (Lipinski definition) is 6. The van der Waals surface area contributed by atoms with Crippen LogP contribution in [0.2, 0.25) is 5.02 Å². The highest BCUT2D eigenvalue weighted by Gasteiger charge is 2.33. The maximum atomic E-state index is 11.1. The second kappa shape index (κ2) is 10.4. The van der Waals surface area contributed by atoms with Crippen LogP contribution in [0, 0.1) is 0 Å². The summed E-state index contributed by atoms with van der Waals surface area (Å²) < 4.78 is 19.2. The second-order valence-electron chi connectivity index (χ2n) is 8.12. The number of aliphatic hydroxyl groups is 1. The summed E-state index contributed by atoms with van der Waals surface area (Å²) in [6, 6.07) is 15.1. The average Bonchev–Trinajstić information content (AvgIpc) is 3.11. The van der Waals surface area contributed by atoms with E-state index in [4.69, 9.17) is 25.8 Å². The van der Waals surface area contributed by atoms with Crippen LogP contribution in [0.4, 0.5) is 0 Å². The number of hydrogen-bond donors (Lipinski definition) is 1. The molecule has 32 heavy (non-hydrogen) atoms. The molecule has 1 saturated heterocycles. The number of rotatable bonds is 8. The molecule has 0 radical (unpaired) electrons. The fraction of sp³-hybridized carbons (Fsp3) is 0.375. The van der Waals surface area contributed by atoms with Crippen LogP contribution in [0.1, 0.15) is 11.4 Å². The minimum absolute atomic E-state index is 0.144. The zero-order valence-corrected chi connectivity index (χ0v) is 18.9. The number of nitrogens with zero attached hydrogens (tertiary/aromatic N) is 3. The molecule has 4 rings (SSSR count). The molecule has 1 N–H and O–H groups in total. The molecule has 1 atom stereocenters. The number of aryl methyl sites for hydroxylation is 1. The molecule has 1 aliphatic heterocycles. The summed E-state index contributed by atoms with van der Waals surface area (Å²) in [6.07, 6.45) is 3.66.